The molecule has 0 unspecified atom stereocenters. The van der Waals surface area contributed by atoms with E-state index in [0.29, 0.717) is 0 Å². The molecule has 0 aliphatic carbocycles. The molecule has 0 saturated heterocycles. The summed E-state index contributed by atoms with van der Waals surface area (Å²) in [6.45, 7) is 0.686. The second-order valence-electron chi connectivity index (χ2n) is 25.7. The van der Waals surface area contributed by atoms with Gasteiger partial charge in [-0.05, 0) is 90.9 Å². The van der Waals surface area contributed by atoms with Crippen molar-refractivity contribution in [3.8, 4) is 50.4 Å². The quantitative estimate of drug-likeness (QED) is 0.147. The van der Waals surface area contributed by atoms with Crippen LogP contribution < -0.4 is 49.2 Å². The van der Waals surface area contributed by atoms with E-state index in [-0.39, 0.29) is 20.1 Å². The Bertz CT molecular complexity index is 5980. The third-order valence-corrected chi connectivity index (χ3v) is 20.6. The highest BCUT2D eigenvalue weighted by Gasteiger charge is 2.37. The summed E-state index contributed by atoms with van der Waals surface area (Å²) in [5, 5.41) is 7.93. The fraction of sp³-hybridized carbons (Fsp3) is 0. The monoisotopic (exact) mass is 1220 g/mol. The molecule has 0 fully saturated rings. The highest BCUT2D eigenvalue weighted by atomic mass is 15.0. The normalized spacial score (nSPS) is 12.3. The number of hydrogen-bond acceptors (Lipinski definition) is 0. The maximum Gasteiger partial charge on any atom is 0.246 e. The Morgan fingerprint density at radius 2 is 0.562 bits per heavy atom. The molecule has 444 valence electrons. The zero-order chi connectivity index (χ0) is 63.2. The third-order valence-electron chi connectivity index (χ3n) is 20.6. The minimum Gasteiger partial charge on any atom is -0.310 e. The molecule has 15 aromatic carbocycles. The van der Waals surface area contributed by atoms with Gasteiger partial charge in [-0.1, -0.05) is 350 Å². The first kappa shape index (κ1) is 55.5. The largest absolute Gasteiger partial charge is 0.310 e. The summed E-state index contributed by atoms with van der Waals surface area (Å²) < 4.78 is 7.49. The van der Waals surface area contributed by atoms with Gasteiger partial charge in [-0.3, -0.25) is 0 Å². The average molecular weight is 1220 g/mol. The van der Waals surface area contributed by atoms with Crippen LogP contribution in [0.15, 0.2) is 364 Å². The van der Waals surface area contributed by atoms with Crippen LogP contribution in [0.2, 0.25) is 0 Å². The van der Waals surface area contributed by atoms with Crippen LogP contribution >= 0.6 is 0 Å². The lowest BCUT2D eigenvalue weighted by atomic mass is 9.35. The lowest BCUT2D eigenvalue weighted by Gasteiger charge is -2.27. The maximum absolute atomic E-state index is 2.51. The van der Waals surface area contributed by atoms with Gasteiger partial charge in [0.05, 0.1) is 16.6 Å². The number of benzene rings is 15. The molecule has 3 nitrogen and oxygen atoms in total. The molecule has 0 bridgehead atoms. The first-order valence-corrected chi connectivity index (χ1v) is 33.5. The second-order valence-corrected chi connectivity index (χ2v) is 25.7. The van der Waals surface area contributed by atoms with Gasteiger partial charge in [0.2, 0.25) is 20.1 Å². The maximum atomic E-state index is 2.51. The van der Waals surface area contributed by atoms with E-state index in [9.17, 15) is 0 Å². The summed E-state index contributed by atoms with van der Waals surface area (Å²) in [5.41, 5.74) is 31.5. The van der Waals surface area contributed by atoms with E-state index in [2.05, 4.69) is 378 Å². The van der Waals surface area contributed by atoms with Gasteiger partial charge in [0, 0.05) is 71.5 Å². The zero-order valence-corrected chi connectivity index (χ0v) is 52.7. The topological polar surface area (TPSA) is 14.8 Å². The molecule has 6 heterocycles. The fourth-order valence-electron chi connectivity index (χ4n) is 16.6. The van der Waals surface area contributed by atoms with Crippen molar-refractivity contribution in [3.05, 3.63) is 364 Å². The van der Waals surface area contributed by atoms with Crippen LogP contribution in [-0.2, 0) is 0 Å². The number of fused-ring (bicyclic) bond motifs is 15. The number of para-hydroxylation sites is 7. The minimum absolute atomic E-state index is 0.219. The van der Waals surface area contributed by atoms with Crippen LogP contribution in [0.3, 0.4) is 0 Å². The van der Waals surface area contributed by atoms with Gasteiger partial charge in [-0.2, -0.15) is 0 Å². The van der Waals surface area contributed by atoms with Gasteiger partial charge < -0.3 is 13.7 Å². The summed E-state index contributed by atoms with van der Waals surface area (Å²) in [4.78, 5) is 0. The van der Waals surface area contributed by atoms with E-state index in [1.165, 1.54) is 165 Å². The Labute approximate surface area is 559 Å². The number of rotatable bonds is 6. The predicted molar refractivity (Wildman–Crippen MR) is 412 cm³/mol. The van der Waals surface area contributed by atoms with E-state index in [4.69, 9.17) is 0 Å². The van der Waals surface area contributed by atoms with Crippen molar-refractivity contribution in [2.24, 2.45) is 0 Å². The first-order valence-electron chi connectivity index (χ1n) is 33.5. The fourth-order valence-corrected chi connectivity index (χ4v) is 16.6. The van der Waals surface area contributed by atoms with Crippen molar-refractivity contribution in [3.63, 3.8) is 0 Å². The van der Waals surface area contributed by atoms with Crippen LogP contribution in [0, 0.1) is 0 Å². The van der Waals surface area contributed by atoms with E-state index in [1.54, 1.807) is 0 Å². The van der Waals surface area contributed by atoms with Crippen molar-refractivity contribution < 1.29 is 0 Å². The summed E-state index contributed by atoms with van der Waals surface area (Å²) in [5.74, 6) is 0. The van der Waals surface area contributed by atoms with Gasteiger partial charge in [0.15, 0.2) is 0 Å². The molecule has 0 spiro atoms. The smallest absolute Gasteiger partial charge is 0.246 e. The molecule has 6 heteroatoms. The average Bonchev–Trinajstić information content (AvgIpc) is 1.53. The molecule has 21 rings (SSSR count). The van der Waals surface area contributed by atoms with E-state index < -0.39 is 0 Å². The van der Waals surface area contributed by atoms with Gasteiger partial charge in [-0.15, -0.1) is 0 Å². The van der Waals surface area contributed by atoms with Crippen molar-refractivity contribution in [2.75, 3.05) is 0 Å². The molecule has 3 aromatic heterocycles. The van der Waals surface area contributed by atoms with E-state index in [0.717, 1.165) is 0 Å². The van der Waals surface area contributed by atoms with Crippen molar-refractivity contribution >= 4 is 135 Å². The van der Waals surface area contributed by atoms with Gasteiger partial charge in [0.1, 0.15) is 0 Å². The van der Waals surface area contributed by atoms with Crippen molar-refractivity contribution in [1.82, 2.24) is 13.7 Å². The van der Waals surface area contributed by atoms with Crippen LogP contribution in [-0.4, -0.2) is 33.8 Å². The summed E-state index contributed by atoms with van der Waals surface area (Å²) in [7, 11) is 0. The Kier molecular flexibility index (Phi) is 13.2. The molecular weight excluding hydrogens is 1160 g/mol. The Morgan fingerprint density at radius 3 is 1.10 bits per heavy atom. The van der Waals surface area contributed by atoms with E-state index in [1.807, 2.05) is 0 Å². The van der Waals surface area contributed by atoms with Crippen LogP contribution in [0.1, 0.15) is 0 Å². The summed E-state index contributed by atoms with van der Waals surface area (Å²) in [6, 6.07) is 132. The standard InChI is InChI=1S/3C30H20BN/c1-3-11-21(12-4-1)23-19-20-26-30-29(23)24-15-7-9-17-27(24)32(30)28-18-10-8-16-25(28)31(26)22-13-5-2-6-14-22;1-3-11-21(12-4-1)23-15-9-16-24-25-17-10-19-27-30(25)32(29(23)24)28-20-8-7-18-26(28)31(27)22-13-5-2-6-14-22;1-3-10-21(11-4-1)22-18-19-24-25-14-9-16-27-30(25)32(29(24)20-22)28-17-8-7-15-26(28)31(27)23-12-5-2-6-13-23/h3*1-20H. The van der Waals surface area contributed by atoms with Gasteiger partial charge in [0.25, 0.3) is 0 Å². The summed E-state index contributed by atoms with van der Waals surface area (Å²) in [6.07, 6.45) is 0. The lowest BCUT2D eigenvalue weighted by molar-refractivity contribution is 1.19. The molecule has 18 aromatic rings. The third kappa shape index (κ3) is 8.72. The van der Waals surface area contributed by atoms with Gasteiger partial charge >= 0.3 is 0 Å². The molecule has 0 N–H and O–H groups in total. The highest BCUT2D eigenvalue weighted by Crippen LogP contribution is 2.42. The van der Waals surface area contributed by atoms with Crippen LogP contribution in [0.5, 0.6) is 0 Å². The minimum atomic E-state index is 0.219. The molecular formula is C90H60B3N3. The number of aromatic nitrogens is 3. The Hall–Kier alpha value is -12.1. The molecule has 3 aliphatic rings. The second kappa shape index (κ2) is 22.9. The molecule has 0 amide bonds. The zero-order valence-electron chi connectivity index (χ0n) is 52.7. The first-order chi connectivity index (χ1) is 47.7. The SMILES string of the molecule is c1ccc(B2c3ccccc3-n3c4c2cccc4c2cccc(-c4ccccc4)c23)cc1.c1ccc(B2c3ccccc3-n3c4cc(-c5ccccc5)ccc4c4cccc2c43)cc1.c1ccc(B2c3ccccc3-n3c4ccccc4c4c(-c5ccccc5)ccc2c43)cc1. The predicted octanol–water partition coefficient (Wildman–Crippen LogP) is 15.8. The Morgan fingerprint density at radius 1 is 0.188 bits per heavy atom. The van der Waals surface area contributed by atoms with Crippen LogP contribution in [0.25, 0.3) is 116 Å². The Balaban J connectivity index is 0.000000102. The molecule has 0 saturated carbocycles. The number of hydrogen-bond donors (Lipinski definition) is 0. The van der Waals surface area contributed by atoms with Crippen LogP contribution in [0.4, 0.5) is 0 Å². The molecule has 0 atom stereocenters. The lowest BCUT2D eigenvalue weighted by Crippen LogP contribution is -2.55. The molecule has 3 aliphatic heterocycles. The van der Waals surface area contributed by atoms with Crippen molar-refractivity contribution in [1.29, 1.82) is 0 Å². The van der Waals surface area contributed by atoms with Crippen molar-refractivity contribution in [2.45, 2.75) is 0 Å². The molecule has 96 heavy (non-hydrogen) atoms. The van der Waals surface area contributed by atoms with Gasteiger partial charge in [-0.25, -0.2) is 0 Å². The highest BCUT2D eigenvalue weighted by molar-refractivity contribution is 6.99. The summed E-state index contributed by atoms with van der Waals surface area (Å²) >= 11 is 0. The molecule has 0 radical (unpaired) electrons. The van der Waals surface area contributed by atoms with E-state index >= 15 is 0 Å². The number of nitrogens with zero attached hydrogens (tertiary/aromatic N) is 3.